The van der Waals surface area contributed by atoms with Crippen LogP contribution in [0.25, 0.3) is 0 Å². The van der Waals surface area contributed by atoms with E-state index in [9.17, 15) is 4.79 Å². The maximum atomic E-state index is 11.9. The first-order valence-electron chi connectivity index (χ1n) is 5.73. The molecule has 1 aliphatic carbocycles. The maximum absolute atomic E-state index is 11.9. The molecule has 0 unspecified atom stereocenters. The highest BCUT2D eigenvalue weighted by molar-refractivity contribution is 5.81. The summed E-state index contributed by atoms with van der Waals surface area (Å²) in [6.07, 6.45) is 4.46. The smallest absolute Gasteiger partial charge is 0.225 e. The molecule has 0 radical (unpaired) electrons. The minimum atomic E-state index is -0.0940. The lowest BCUT2D eigenvalue weighted by Crippen LogP contribution is -2.35. The number of nitrogens with two attached hydrogens (primary N) is 1. The maximum Gasteiger partial charge on any atom is 0.225 e. The second kappa shape index (κ2) is 3.31. The van der Waals surface area contributed by atoms with E-state index in [0.717, 1.165) is 18.5 Å². The average molecular weight is 220 g/mol. The van der Waals surface area contributed by atoms with Gasteiger partial charge in [-0.3, -0.25) is 9.48 Å². The molecular formula is C11H16N4O. The third kappa shape index (κ3) is 1.35. The number of carbonyl (C=O) groups is 1. The van der Waals surface area contributed by atoms with Crippen molar-refractivity contribution in [3.05, 3.63) is 18.0 Å². The Kier molecular flexibility index (Phi) is 2.04. The number of likely N-dealkylation sites (tertiary alicyclic amines) is 1. The first kappa shape index (κ1) is 9.84. The van der Waals surface area contributed by atoms with Crippen molar-refractivity contribution < 1.29 is 4.79 Å². The van der Waals surface area contributed by atoms with Crippen LogP contribution in [-0.4, -0.2) is 32.7 Å². The van der Waals surface area contributed by atoms with Gasteiger partial charge >= 0.3 is 0 Å². The van der Waals surface area contributed by atoms with Crippen molar-refractivity contribution in [1.82, 2.24) is 14.7 Å². The molecule has 1 amide bonds. The van der Waals surface area contributed by atoms with Crippen LogP contribution in [-0.2, 0) is 11.8 Å². The fraction of sp³-hybridized carbons (Fsp3) is 0.636. The number of aromatic nitrogens is 2. The Morgan fingerprint density at radius 3 is 2.81 bits per heavy atom. The van der Waals surface area contributed by atoms with Crippen molar-refractivity contribution in [1.29, 1.82) is 0 Å². The van der Waals surface area contributed by atoms with Gasteiger partial charge in [0.15, 0.2) is 0 Å². The summed E-state index contributed by atoms with van der Waals surface area (Å²) in [7, 11) is 1.90. The highest BCUT2D eigenvalue weighted by Crippen LogP contribution is 2.40. The van der Waals surface area contributed by atoms with Gasteiger partial charge in [-0.1, -0.05) is 0 Å². The molecule has 1 aromatic heterocycles. The number of aryl methyl sites for hydroxylation is 1. The Labute approximate surface area is 94.2 Å². The van der Waals surface area contributed by atoms with Crippen LogP contribution < -0.4 is 5.73 Å². The van der Waals surface area contributed by atoms with Gasteiger partial charge in [0.2, 0.25) is 5.91 Å². The van der Waals surface area contributed by atoms with Gasteiger partial charge in [-0.25, -0.2) is 0 Å². The summed E-state index contributed by atoms with van der Waals surface area (Å²) < 4.78 is 1.82. The summed E-state index contributed by atoms with van der Waals surface area (Å²) in [5, 5.41) is 4.16. The van der Waals surface area contributed by atoms with Crippen LogP contribution in [0.1, 0.15) is 31.0 Å². The zero-order chi connectivity index (χ0) is 11.3. The van der Waals surface area contributed by atoms with Crippen molar-refractivity contribution in [3.8, 4) is 0 Å². The lowest BCUT2D eigenvalue weighted by Gasteiger charge is -2.26. The van der Waals surface area contributed by atoms with Gasteiger partial charge in [0.05, 0.1) is 11.7 Å². The van der Waals surface area contributed by atoms with Gasteiger partial charge in [0.1, 0.15) is 0 Å². The molecule has 2 fully saturated rings. The molecule has 2 aliphatic rings. The fourth-order valence-corrected chi connectivity index (χ4v) is 2.60. The molecule has 1 aromatic rings. The van der Waals surface area contributed by atoms with Crippen LogP contribution >= 0.6 is 0 Å². The molecule has 5 nitrogen and oxygen atoms in total. The molecular weight excluding hydrogens is 204 g/mol. The van der Waals surface area contributed by atoms with E-state index < -0.39 is 0 Å². The van der Waals surface area contributed by atoms with E-state index in [1.165, 1.54) is 0 Å². The molecule has 5 heteroatoms. The fourth-order valence-electron chi connectivity index (χ4n) is 2.60. The highest BCUT2D eigenvalue weighted by atomic mass is 16.2. The number of hydrogen-bond acceptors (Lipinski definition) is 3. The summed E-state index contributed by atoms with van der Waals surface area (Å²) >= 11 is 0. The molecule has 16 heavy (non-hydrogen) atoms. The second-order valence-corrected chi connectivity index (χ2v) is 4.72. The average Bonchev–Trinajstić information content (AvgIpc) is 2.91. The molecule has 2 N–H and O–H groups in total. The number of carbonyl (C=O) groups excluding carboxylic acids is 1. The van der Waals surface area contributed by atoms with E-state index in [4.69, 9.17) is 5.73 Å². The zero-order valence-electron chi connectivity index (χ0n) is 9.34. The van der Waals surface area contributed by atoms with Gasteiger partial charge in [0, 0.05) is 31.7 Å². The quantitative estimate of drug-likeness (QED) is 0.773. The first-order chi connectivity index (χ1) is 7.68. The topological polar surface area (TPSA) is 64.2 Å². The van der Waals surface area contributed by atoms with Crippen molar-refractivity contribution in [2.45, 2.75) is 37.4 Å². The van der Waals surface area contributed by atoms with Gasteiger partial charge in [-0.15, -0.1) is 0 Å². The van der Waals surface area contributed by atoms with Gasteiger partial charge < -0.3 is 10.6 Å². The number of hydrogen-bond donors (Lipinski definition) is 1. The van der Waals surface area contributed by atoms with E-state index in [2.05, 4.69) is 5.10 Å². The SMILES string of the molecule is Cn1nccc1[C@@H]1[C@H](N)CC(=O)N1C1CC1. The standard InChI is InChI=1S/C11H16N4O/c1-14-9(4-5-13-14)11-8(12)6-10(16)15(11)7-2-3-7/h4-5,7-8,11H,2-3,6,12H2,1H3/t8-,11+/m1/s1. The summed E-state index contributed by atoms with van der Waals surface area (Å²) in [6, 6.07) is 2.30. The highest BCUT2D eigenvalue weighted by Gasteiger charge is 2.46. The molecule has 0 bridgehead atoms. The van der Waals surface area contributed by atoms with E-state index in [1.54, 1.807) is 6.20 Å². The minimum absolute atomic E-state index is 0.0208. The largest absolute Gasteiger partial charge is 0.329 e. The Balaban J connectivity index is 1.97. The summed E-state index contributed by atoms with van der Waals surface area (Å²) in [6.45, 7) is 0. The Morgan fingerprint density at radius 1 is 1.50 bits per heavy atom. The van der Waals surface area contributed by atoms with Crippen LogP contribution in [0.4, 0.5) is 0 Å². The van der Waals surface area contributed by atoms with Crippen LogP contribution in [0, 0.1) is 0 Å². The Hall–Kier alpha value is -1.36. The molecule has 1 aliphatic heterocycles. The predicted octanol–water partition coefficient (Wildman–Crippen LogP) is 0.183. The third-order valence-electron chi connectivity index (χ3n) is 3.51. The lowest BCUT2D eigenvalue weighted by atomic mass is 10.1. The minimum Gasteiger partial charge on any atom is -0.329 e. The normalized spacial score (nSPS) is 30.1. The second-order valence-electron chi connectivity index (χ2n) is 4.72. The Morgan fingerprint density at radius 2 is 2.25 bits per heavy atom. The summed E-state index contributed by atoms with van der Waals surface area (Å²) in [5.41, 5.74) is 7.13. The first-order valence-corrected chi connectivity index (χ1v) is 5.73. The van der Waals surface area contributed by atoms with Crippen molar-refractivity contribution in [2.24, 2.45) is 12.8 Å². The van der Waals surface area contributed by atoms with Crippen LogP contribution in [0.5, 0.6) is 0 Å². The summed E-state index contributed by atoms with van der Waals surface area (Å²) in [5.74, 6) is 0.196. The third-order valence-corrected chi connectivity index (χ3v) is 3.51. The molecule has 2 atom stereocenters. The van der Waals surface area contributed by atoms with E-state index in [-0.39, 0.29) is 18.0 Å². The van der Waals surface area contributed by atoms with Gasteiger partial charge in [0.25, 0.3) is 0 Å². The summed E-state index contributed by atoms with van der Waals surface area (Å²) in [4.78, 5) is 13.9. The zero-order valence-corrected chi connectivity index (χ0v) is 9.34. The molecule has 2 heterocycles. The monoisotopic (exact) mass is 220 g/mol. The van der Waals surface area contributed by atoms with Crippen molar-refractivity contribution in [3.63, 3.8) is 0 Å². The van der Waals surface area contributed by atoms with E-state index >= 15 is 0 Å². The van der Waals surface area contributed by atoms with E-state index in [1.807, 2.05) is 22.7 Å². The molecule has 0 spiro atoms. The Bertz CT molecular complexity index is 423. The predicted molar refractivity (Wildman–Crippen MR) is 58.4 cm³/mol. The van der Waals surface area contributed by atoms with Crippen LogP contribution in [0.2, 0.25) is 0 Å². The van der Waals surface area contributed by atoms with Gasteiger partial charge in [-0.2, -0.15) is 5.10 Å². The number of nitrogens with zero attached hydrogens (tertiary/aromatic N) is 3. The van der Waals surface area contributed by atoms with Gasteiger partial charge in [-0.05, 0) is 18.9 Å². The molecule has 3 rings (SSSR count). The van der Waals surface area contributed by atoms with Crippen LogP contribution in [0.15, 0.2) is 12.3 Å². The van der Waals surface area contributed by atoms with Crippen LogP contribution in [0.3, 0.4) is 0 Å². The molecule has 86 valence electrons. The molecule has 1 saturated carbocycles. The number of amides is 1. The molecule has 1 saturated heterocycles. The van der Waals surface area contributed by atoms with Crippen molar-refractivity contribution in [2.75, 3.05) is 0 Å². The molecule has 0 aromatic carbocycles. The number of rotatable bonds is 2. The van der Waals surface area contributed by atoms with E-state index in [0.29, 0.717) is 12.5 Å². The van der Waals surface area contributed by atoms with Crippen molar-refractivity contribution >= 4 is 5.91 Å². The lowest BCUT2D eigenvalue weighted by molar-refractivity contribution is -0.129.